The summed E-state index contributed by atoms with van der Waals surface area (Å²) in [6.07, 6.45) is 7.10. The number of carbonyl (C=O) groups excluding carboxylic acids is 1. The van der Waals surface area contributed by atoms with Gasteiger partial charge in [0.25, 0.3) is 5.91 Å². The molecule has 0 atom stereocenters. The van der Waals surface area contributed by atoms with Crippen molar-refractivity contribution in [2.45, 2.75) is 29.8 Å². The van der Waals surface area contributed by atoms with Gasteiger partial charge in [0, 0.05) is 58.7 Å². The van der Waals surface area contributed by atoms with Crippen molar-refractivity contribution in [1.29, 1.82) is 0 Å². The summed E-state index contributed by atoms with van der Waals surface area (Å²) < 4.78 is 31.7. The smallest absolute Gasteiger partial charge is 0.253 e. The fraction of sp³-hybridized carbons (Fsp3) is 0.550. The zero-order valence-corrected chi connectivity index (χ0v) is 18.1. The molecule has 0 spiro atoms. The molecule has 1 saturated heterocycles. The Morgan fingerprint density at radius 1 is 1.30 bits per heavy atom. The largest absolute Gasteiger partial charge is 0.378 e. The first-order valence-electron chi connectivity index (χ1n) is 9.84. The molecule has 2 aliphatic rings. The fourth-order valence-corrected chi connectivity index (χ4v) is 4.22. The highest BCUT2D eigenvalue weighted by atomic mass is 32.2. The fourth-order valence-electron chi connectivity index (χ4n) is 3.29. The van der Waals surface area contributed by atoms with E-state index in [1.54, 1.807) is 6.07 Å². The number of terminal acetylenes is 1. The number of nitrogens with zero attached hydrogens (tertiary/aromatic N) is 4. The molecule has 2 aliphatic heterocycles. The van der Waals surface area contributed by atoms with E-state index in [0.717, 1.165) is 4.31 Å². The van der Waals surface area contributed by atoms with Crippen LogP contribution in [0.3, 0.4) is 0 Å². The number of anilines is 1. The van der Waals surface area contributed by atoms with Crippen LogP contribution in [-0.4, -0.2) is 71.2 Å². The van der Waals surface area contributed by atoms with E-state index in [1.165, 1.54) is 26.2 Å². The summed E-state index contributed by atoms with van der Waals surface area (Å²) >= 11 is 0. The van der Waals surface area contributed by atoms with Gasteiger partial charge in [-0.1, -0.05) is 0 Å². The molecule has 3 rings (SSSR count). The molecular weight excluding hydrogens is 406 g/mol. The molecular formula is C20H27N5O4S. The van der Waals surface area contributed by atoms with Gasteiger partial charge in [-0.15, -0.1) is 12.3 Å². The van der Waals surface area contributed by atoms with E-state index in [0.29, 0.717) is 63.4 Å². The van der Waals surface area contributed by atoms with Crippen LogP contribution in [0, 0.1) is 12.3 Å². The number of hydrogen-bond donors (Lipinski definition) is 1. The Morgan fingerprint density at radius 3 is 2.60 bits per heavy atom. The number of benzene rings is 1. The zero-order valence-electron chi connectivity index (χ0n) is 17.3. The normalized spacial score (nSPS) is 17.6. The number of hydrogen-bond acceptors (Lipinski definition) is 7. The second kappa shape index (κ2) is 9.12. The van der Waals surface area contributed by atoms with E-state index < -0.39 is 15.7 Å². The third-order valence-corrected chi connectivity index (χ3v) is 7.02. The molecule has 1 N–H and O–H groups in total. The van der Waals surface area contributed by atoms with Gasteiger partial charge in [0.1, 0.15) is 0 Å². The van der Waals surface area contributed by atoms with E-state index in [2.05, 4.69) is 21.5 Å². The lowest BCUT2D eigenvalue weighted by Crippen LogP contribution is -2.38. The second-order valence-corrected chi connectivity index (χ2v) is 9.61. The van der Waals surface area contributed by atoms with E-state index in [9.17, 15) is 13.2 Å². The van der Waals surface area contributed by atoms with Crippen molar-refractivity contribution in [3.05, 3.63) is 23.8 Å². The molecule has 1 aromatic rings. The molecule has 0 saturated carbocycles. The maximum atomic E-state index is 13.0. The zero-order chi connectivity index (χ0) is 21.8. The SMILES string of the molecule is C#CCCC1(CCNC(=O)c2cc(S(=O)(=O)N(C)C)ccc2N2CCOCC2)N=N1. The minimum absolute atomic E-state index is 0.0762. The molecule has 1 amide bonds. The topological polar surface area (TPSA) is 104 Å². The Labute approximate surface area is 177 Å². The van der Waals surface area contributed by atoms with Gasteiger partial charge in [-0.3, -0.25) is 4.79 Å². The Balaban J connectivity index is 1.79. The van der Waals surface area contributed by atoms with Gasteiger partial charge < -0.3 is 15.0 Å². The number of sulfonamides is 1. The van der Waals surface area contributed by atoms with Gasteiger partial charge >= 0.3 is 0 Å². The molecule has 1 fully saturated rings. The number of morpholine rings is 1. The van der Waals surface area contributed by atoms with E-state index >= 15 is 0 Å². The molecule has 162 valence electrons. The van der Waals surface area contributed by atoms with Crippen LogP contribution in [-0.2, 0) is 14.8 Å². The highest BCUT2D eigenvalue weighted by Crippen LogP contribution is 2.36. The monoisotopic (exact) mass is 433 g/mol. The van der Waals surface area contributed by atoms with Crippen molar-refractivity contribution in [2.75, 3.05) is 51.8 Å². The summed E-state index contributed by atoms with van der Waals surface area (Å²) in [6, 6.07) is 4.67. The van der Waals surface area contributed by atoms with E-state index in [-0.39, 0.29) is 10.8 Å². The highest BCUT2D eigenvalue weighted by molar-refractivity contribution is 7.89. The van der Waals surface area contributed by atoms with Gasteiger partial charge in [0.15, 0.2) is 5.66 Å². The van der Waals surface area contributed by atoms with Crippen molar-refractivity contribution in [3.8, 4) is 12.3 Å². The predicted molar refractivity (Wildman–Crippen MR) is 113 cm³/mol. The lowest BCUT2D eigenvalue weighted by Gasteiger charge is -2.30. The molecule has 0 radical (unpaired) electrons. The van der Waals surface area contributed by atoms with Crippen LogP contribution >= 0.6 is 0 Å². The second-order valence-electron chi connectivity index (χ2n) is 7.46. The maximum absolute atomic E-state index is 13.0. The minimum atomic E-state index is -3.66. The van der Waals surface area contributed by atoms with Crippen LogP contribution in [0.2, 0.25) is 0 Å². The van der Waals surface area contributed by atoms with Crippen molar-refractivity contribution in [2.24, 2.45) is 10.2 Å². The van der Waals surface area contributed by atoms with Crippen LogP contribution in [0.5, 0.6) is 0 Å². The summed E-state index contributed by atoms with van der Waals surface area (Å²) in [5, 5.41) is 11.0. The summed E-state index contributed by atoms with van der Waals surface area (Å²) in [7, 11) is -0.740. The number of amides is 1. The van der Waals surface area contributed by atoms with Gasteiger partial charge in [-0.25, -0.2) is 12.7 Å². The number of ether oxygens (including phenoxy) is 1. The number of rotatable bonds is 9. The average molecular weight is 434 g/mol. The average Bonchev–Trinajstić information content (AvgIpc) is 3.52. The van der Waals surface area contributed by atoms with Crippen LogP contribution in [0.15, 0.2) is 33.3 Å². The molecule has 0 aromatic heterocycles. The Kier molecular flexibility index (Phi) is 6.75. The number of carbonyl (C=O) groups is 1. The molecule has 0 aliphatic carbocycles. The Bertz CT molecular complexity index is 956. The standard InChI is InChI=1S/C20H27N5O4S/c1-4-5-8-20(22-23-20)9-10-21-19(26)17-15-16(30(27,28)24(2)3)6-7-18(17)25-11-13-29-14-12-25/h1,6-7,15H,5,8-14H2,2-3H3,(H,21,26). The first kappa shape index (κ1) is 22.2. The van der Waals surface area contributed by atoms with E-state index in [4.69, 9.17) is 11.2 Å². The lowest BCUT2D eigenvalue weighted by atomic mass is 10.0. The maximum Gasteiger partial charge on any atom is 0.253 e. The van der Waals surface area contributed by atoms with Gasteiger partial charge in [0.05, 0.1) is 23.7 Å². The van der Waals surface area contributed by atoms with Gasteiger partial charge in [0.2, 0.25) is 10.0 Å². The number of nitrogens with one attached hydrogen (secondary N) is 1. The Morgan fingerprint density at radius 2 is 2.00 bits per heavy atom. The van der Waals surface area contributed by atoms with Crippen molar-refractivity contribution < 1.29 is 17.9 Å². The first-order valence-corrected chi connectivity index (χ1v) is 11.3. The molecule has 2 heterocycles. The summed E-state index contributed by atoms with van der Waals surface area (Å²) in [5.74, 6) is 2.24. The predicted octanol–water partition coefficient (Wildman–Crippen LogP) is 1.47. The molecule has 30 heavy (non-hydrogen) atoms. The van der Waals surface area contributed by atoms with Crippen LogP contribution in [0.1, 0.15) is 29.6 Å². The summed E-state index contributed by atoms with van der Waals surface area (Å²) in [6.45, 7) is 2.74. The molecule has 10 heteroatoms. The molecule has 9 nitrogen and oxygen atoms in total. The van der Waals surface area contributed by atoms with Crippen molar-refractivity contribution in [1.82, 2.24) is 9.62 Å². The summed E-state index contributed by atoms with van der Waals surface area (Å²) in [4.78, 5) is 15.1. The van der Waals surface area contributed by atoms with Crippen LogP contribution in [0.25, 0.3) is 0 Å². The highest BCUT2D eigenvalue weighted by Gasteiger charge is 2.38. The quantitative estimate of drug-likeness (QED) is 0.594. The van der Waals surface area contributed by atoms with Crippen molar-refractivity contribution in [3.63, 3.8) is 0 Å². The third kappa shape index (κ3) is 4.98. The van der Waals surface area contributed by atoms with Gasteiger partial charge in [-0.05, 0) is 18.2 Å². The van der Waals surface area contributed by atoms with Gasteiger partial charge in [-0.2, -0.15) is 10.2 Å². The van der Waals surface area contributed by atoms with E-state index in [1.807, 2.05) is 4.90 Å². The summed E-state index contributed by atoms with van der Waals surface area (Å²) in [5.41, 5.74) is 0.529. The van der Waals surface area contributed by atoms with Crippen molar-refractivity contribution >= 4 is 21.6 Å². The molecule has 1 aromatic carbocycles. The minimum Gasteiger partial charge on any atom is -0.378 e. The molecule has 0 unspecified atom stereocenters. The first-order chi connectivity index (χ1) is 14.3. The molecule has 0 bridgehead atoms. The van der Waals surface area contributed by atoms with Crippen LogP contribution < -0.4 is 10.2 Å². The third-order valence-electron chi connectivity index (χ3n) is 5.21. The van der Waals surface area contributed by atoms with Crippen LogP contribution in [0.4, 0.5) is 5.69 Å². The Hall–Kier alpha value is -2.48. The lowest BCUT2D eigenvalue weighted by molar-refractivity contribution is 0.0950.